The smallest absolute Gasteiger partial charge is 0.250 e. The second-order valence-electron chi connectivity index (χ2n) is 6.80. The van der Waals surface area contributed by atoms with Crippen molar-refractivity contribution >= 4 is 50.5 Å². The summed E-state index contributed by atoms with van der Waals surface area (Å²) < 4.78 is 26.4. The molecule has 0 saturated carbocycles. The number of halogens is 2. The van der Waals surface area contributed by atoms with Gasteiger partial charge in [-0.2, -0.15) is 0 Å². The third kappa shape index (κ3) is 4.14. The number of benzene rings is 2. The van der Waals surface area contributed by atoms with Crippen LogP contribution in [0.25, 0.3) is 0 Å². The molecule has 0 bridgehead atoms. The van der Waals surface area contributed by atoms with Crippen molar-refractivity contribution in [2.45, 2.75) is 32.2 Å². The summed E-state index contributed by atoms with van der Waals surface area (Å²) in [6, 6.07) is 11.4. The number of anilines is 2. The Morgan fingerprint density at radius 1 is 1.18 bits per heavy atom. The average molecular weight is 441 g/mol. The quantitative estimate of drug-likeness (QED) is 0.686. The van der Waals surface area contributed by atoms with Crippen LogP contribution >= 0.6 is 23.2 Å². The van der Waals surface area contributed by atoms with E-state index in [-0.39, 0.29) is 10.9 Å². The fraction of sp³-hybridized carbons (Fsp3) is 0.350. The summed E-state index contributed by atoms with van der Waals surface area (Å²) in [6.45, 7) is 2.36. The van der Waals surface area contributed by atoms with E-state index in [4.69, 9.17) is 23.2 Å². The van der Waals surface area contributed by atoms with Gasteiger partial charge in [-0.25, -0.2) is 8.42 Å². The van der Waals surface area contributed by atoms with E-state index in [0.29, 0.717) is 23.7 Å². The second kappa shape index (κ2) is 8.31. The van der Waals surface area contributed by atoms with Crippen LogP contribution in [0.1, 0.15) is 25.3 Å². The number of para-hydroxylation sites is 1. The second-order valence-corrected chi connectivity index (χ2v) is 9.48. The van der Waals surface area contributed by atoms with Gasteiger partial charge in [-0.3, -0.25) is 9.10 Å². The highest BCUT2D eigenvalue weighted by Crippen LogP contribution is 2.33. The van der Waals surface area contributed by atoms with Crippen molar-refractivity contribution in [2.75, 3.05) is 22.0 Å². The molecule has 1 atom stereocenters. The van der Waals surface area contributed by atoms with Crippen molar-refractivity contribution in [3.05, 3.63) is 58.1 Å². The normalized spacial score (nSPS) is 15.1. The Morgan fingerprint density at radius 3 is 2.54 bits per heavy atom. The topological polar surface area (TPSA) is 57.7 Å². The molecule has 2 aromatic rings. The van der Waals surface area contributed by atoms with Crippen LogP contribution in [0.15, 0.2) is 42.5 Å². The number of sulfonamides is 1. The first kappa shape index (κ1) is 21.0. The van der Waals surface area contributed by atoms with Crippen LogP contribution in [0.4, 0.5) is 11.4 Å². The highest BCUT2D eigenvalue weighted by molar-refractivity contribution is 7.92. The fourth-order valence-corrected chi connectivity index (χ4v) is 5.10. The zero-order chi connectivity index (χ0) is 20.5. The van der Waals surface area contributed by atoms with Crippen LogP contribution in [0.5, 0.6) is 0 Å². The lowest BCUT2D eigenvalue weighted by atomic mass is 10.0. The maximum absolute atomic E-state index is 13.5. The van der Waals surface area contributed by atoms with Crippen LogP contribution in [-0.2, 0) is 21.2 Å². The van der Waals surface area contributed by atoms with Gasteiger partial charge in [0, 0.05) is 12.2 Å². The van der Waals surface area contributed by atoms with Crippen molar-refractivity contribution in [2.24, 2.45) is 0 Å². The van der Waals surface area contributed by atoms with E-state index in [1.54, 1.807) is 17.9 Å². The fourth-order valence-electron chi connectivity index (χ4n) is 3.61. The molecule has 1 aliphatic heterocycles. The molecule has 8 heteroatoms. The molecule has 0 aliphatic carbocycles. The molecule has 0 radical (unpaired) electrons. The molecule has 1 heterocycles. The Bertz CT molecular complexity index is 995. The first-order valence-corrected chi connectivity index (χ1v) is 11.7. The first-order valence-electron chi connectivity index (χ1n) is 9.07. The molecule has 150 valence electrons. The molecule has 1 amide bonds. The van der Waals surface area contributed by atoms with E-state index in [1.165, 1.54) is 12.1 Å². The third-order valence-corrected chi connectivity index (χ3v) is 6.77. The van der Waals surface area contributed by atoms with E-state index in [1.807, 2.05) is 24.3 Å². The summed E-state index contributed by atoms with van der Waals surface area (Å²) in [5.41, 5.74) is 2.26. The monoisotopic (exact) mass is 440 g/mol. The lowest BCUT2D eigenvalue weighted by Crippen LogP contribution is -2.52. The Hall–Kier alpha value is -1.76. The average Bonchev–Trinajstić information content (AvgIpc) is 2.66. The highest BCUT2D eigenvalue weighted by atomic mass is 35.5. The maximum Gasteiger partial charge on any atom is 0.250 e. The molecule has 0 aromatic heterocycles. The van der Waals surface area contributed by atoms with Gasteiger partial charge in [0.25, 0.3) is 5.91 Å². The summed E-state index contributed by atoms with van der Waals surface area (Å²) >= 11 is 12.1. The minimum absolute atomic E-state index is 0.235. The van der Waals surface area contributed by atoms with Crippen LogP contribution in [0, 0.1) is 0 Å². The molecule has 0 fully saturated rings. The van der Waals surface area contributed by atoms with Gasteiger partial charge in [-0.15, -0.1) is 0 Å². The van der Waals surface area contributed by atoms with Crippen LogP contribution in [0.2, 0.25) is 10.0 Å². The first-order chi connectivity index (χ1) is 13.2. The Morgan fingerprint density at radius 2 is 1.89 bits per heavy atom. The van der Waals surface area contributed by atoms with Gasteiger partial charge in [0.1, 0.15) is 6.04 Å². The molecule has 1 aliphatic rings. The number of aryl methyl sites for hydroxylation is 1. The van der Waals surface area contributed by atoms with E-state index in [2.05, 4.69) is 0 Å². The summed E-state index contributed by atoms with van der Waals surface area (Å²) in [5.74, 6) is -0.244. The van der Waals surface area contributed by atoms with Crippen molar-refractivity contribution in [1.82, 2.24) is 0 Å². The van der Waals surface area contributed by atoms with Crippen molar-refractivity contribution < 1.29 is 13.2 Å². The zero-order valence-corrected chi connectivity index (χ0v) is 18.1. The summed E-state index contributed by atoms with van der Waals surface area (Å²) in [6.07, 6.45) is 3.16. The zero-order valence-electron chi connectivity index (χ0n) is 15.7. The van der Waals surface area contributed by atoms with Gasteiger partial charge in [-0.1, -0.05) is 48.3 Å². The Labute approximate surface area is 175 Å². The predicted molar refractivity (Wildman–Crippen MR) is 115 cm³/mol. The van der Waals surface area contributed by atoms with Crippen molar-refractivity contribution in [3.8, 4) is 0 Å². The molecule has 0 spiro atoms. The van der Waals surface area contributed by atoms with E-state index in [9.17, 15) is 13.2 Å². The van der Waals surface area contributed by atoms with Crippen molar-refractivity contribution in [3.63, 3.8) is 0 Å². The number of nitrogens with zero attached hydrogens (tertiary/aromatic N) is 2. The Balaban J connectivity index is 2.04. The van der Waals surface area contributed by atoms with Gasteiger partial charge in [0.2, 0.25) is 10.0 Å². The molecule has 0 N–H and O–H groups in total. The largest absolute Gasteiger partial charge is 0.310 e. The predicted octanol–water partition coefficient (Wildman–Crippen LogP) is 4.52. The minimum Gasteiger partial charge on any atom is -0.310 e. The summed E-state index contributed by atoms with van der Waals surface area (Å²) in [4.78, 5) is 15.2. The lowest BCUT2D eigenvalue weighted by molar-refractivity contribution is -0.119. The number of rotatable bonds is 5. The van der Waals surface area contributed by atoms with Gasteiger partial charge in [0.15, 0.2) is 0 Å². The van der Waals surface area contributed by atoms with Crippen molar-refractivity contribution in [1.29, 1.82) is 0 Å². The summed E-state index contributed by atoms with van der Waals surface area (Å²) in [5, 5.41) is 0.557. The number of hydrogen-bond acceptors (Lipinski definition) is 3. The minimum atomic E-state index is -3.74. The molecule has 1 unspecified atom stereocenters. The van der Waals surface area contributed by atoms with E-state index >= 15 is 0 Å². The number of fused-ring (bicyclic) bond motifs is 1. The molecule has 28 heavy (non-hydrogen) atoms. The van der Waals surface area contributed by atoms with Gasteiger partial charge >= 0.3 is 0 Å². The highest BCUT2D eigenvalue weighted by Gasteiger charge is 2.36. The SMILES string of the molecule is CCC(C(=O)N1CCCc2ccccc21)N(c1ccc(Cl)c(Cl)c1)S(C)(=O)=O. The number of carbonyl (C=O) groups excluding carboxylic acids is 1. The maximum atomic E-state index is 13.5. The van der Waals surface area contributed by atoms with E-state index < -0.39 is 16.1 Å². The molecule has 2 aromatic carbocycles. The van der Waals surface area contributed by atoms with Gasteiger partial charge < -0.3 is 4.90 Å². The van der Waals surface area contributed by atoms with Gasteiger partial charge in [0.05, 0.1) is 22.0 Å². The number of carbonyl (C=O) groups is 1. The molecular weight excluding hydrogens is 419 g/mol. The van der Waals surface area contributed by atoms with E-state index in [0.717, 1.165) is 34.7 Å². The van der Waals surface area contributed by atoms with Crippen LogP contribution in [-0.4, -0.2) is 33.2 Å². The Kier molecular flexibility index (Phi) is 6.22. The lowest BCUT2D eigenvalue weighted by Gasteiger charge is -2.36. The van der Waals surface area contributed by atoms with Crippen LogP contribution < -0.4 is 9.21 Å². The molecule has 3 rings (SSSR count). The van der Waals surface area contributed by atoms with Crippen LogP contribution in [0.3, 0.4) is 0 Å². The standard InChI is InChI=1S/C20H22Cl2N2O3S/c1-3-18(20(25)23-12-6-8-14-7-4-5-9-19(14)23)24(28(2,26)27)15-10-11-16(21)17(22)13-15/h4-5,7,9-11,13,18H,3,6,8,12H2,1-2H3. The summed E-state index contributed by atoms with van der Waals surface area (Å²) in [7, 11) is -3.74. The number of amides is 1. The van der Waals surface area contributed by atoms with Gasteiger partial charge in [-0.05, 0) is 49.1 Å². The molecule has 0 saturated heterocycles. The number of hydrogen-bond donors (Lipinski definition) is 0. The third-order valence-electron chi connectivity index (χ3n) is 4.85. The molecule has 5 nitrogen and oxygen atoms in total. The molecular formula is C20H22Cl2N2O3S.